The average Bonchev–Trinajstić information content (AvgIpc) is 3.04. The molecule has 3 aliphatic rings. The molecule has 7 rings (SSSR count). The van der Waals surface area contributed by atoms with Gasteiger partial charge in [0.2, 0.25) is 0 Å². The first-order valence-corrected chi connectivity index (χ1v) is 15.1. The first-order chi connectivity index (χ1) is 21.8. The number of benzene rings is 2. The number of rotatable bonds is 9. The van der Waals surface area contributed by atoms with E-state index in [1.54, 1.807) is 19.4 Å². The molecule has 3 aromatic carbocycles. The Morgan fingerprint density at radius 1 is 0.978 bits per heavy atom. The van der Waals surface area contributed by atoms with Crippen LogP contribution in [0, 0.1) is 11.8 Å². The van der Waals surface area contributed by atoms with Gasteiger partial charge in [0.1, 0.15) is 17.1 Å². The van der Waals surface area contributed by atoms with E-state index in [2.05, 4.69) is 27.4 Å². The number of hydrogen-bond acceptors (Lipinski definition) is 7. The lowest BCUT2D eigenvalue weighted by molar-refractivity contribution is -0.143. The number of anilines is 2. The van der Waals surface area contributed by atoms with Gasteiger partial charge in [0.15, 0.2) is 0 Å². The van der Waals surface area contributed by atoms with Gasteiger partial charge >= 0.3 is 12.4 Å². The Labute approximate surface area is 260 Å². The SMILES string of the molecule is CCC1CN2CCC1CC2C(Nc1c(NCc2cc(C(F)(F)F)cc(C(F)(F)F)c2)c(=O)c1=O)c1ccnc2ccc(OC)cc12. The maximum Gasteiger partial charge on any atom is 0.416 e. The molecule has 3 saturated heterocycles. The zero-order valence-corrected chi connectivity index (χ0v) is 25.1. The molecular formula is C33H32F6N4O3. The van der Waals surface area contributed by atoms with Crippen molar-refractivity contribution in [2.45, 2.75) is 57.2 Å². The fraction of sp³-hybridized carbons (Fsp3) is 0.424. The quantitative estimate of drug-likeness (QED) is 0.154. The molecule has 5 unspecified atom stereocenters. The van der Waals surface area contributed by atoms with Crippen molar-refractivity contribution in [3.8, 4) is 5.75 Å². The first-order valence-electron chi connectivity index (χ1n) is 15.1. The van der Waals surface area contributed by atoms with Crippen molar-refractivity contribution in [2.75, 3.05) is 30.8 Å². The minimum absolute atomic E-state index is 0.0444. The number of aromatic nitrogens is 1. The summed E-state index contributed by atoms with van der Waals surface area (Å²) in [7, 11) is 1.55. The van der Waals surface area contributed by atoms with E-state index in [9.17, 15) is 35.9 Å². The third-order valence-corrected chi connectivity index (χ3v) is 9.49. The number of methoxy groups -OCH3 is 1. The molecule has 2 bridgehead atoms. The molecule has 46 heavy (non-hydrogen) atoms. The molecule has 0 amide bonds. The van der Waals surface area contributed by atoms with Crippen LogP contribution in [0.25, 0.3) is 10.9 Å². The number of pyridine rings is 1. The molecule has 0 spiro atoms. The molecule has 4 heterocycles. The van der Waals surface area contributed by atoms with Crippen molar-refractivity contribution in [3.05, 3.63) is 91.4 Å². The van der Waals surface area contributed by atoms with Crippen molar-refractivity contribution >= 4 is 22.3 Å². The Morgan fingerprint density at radius 3 is 2.28 bits per heavy atom. The molecular weight excluding hydrogens is 614 g/mol. The lowest BCUT2D eigenvalue weighted by Crippen LogP contribution is -2.56. The van der Waals surface area contributed by atoms with Crippen LogP contribution in [-0.2, 0) is 18.9 Å². The second-order valence-corrected chi connectivity index (χ2v) is 12.1. The Bertz CT molecular complexity index is 1800. The van der Waals surface area contributed by atoms with E-state index in [0.717, 1.165) is 43.3 Å². The highest BCUT2D eigenvalue weighted by Gasteiger charge is 2.44. The first kappa shape index (κ1) is 31.8. The molecule has 3 fully saturated rings. The fourth-order valence-electron chi connectivity index (χ4n) is 7.08. The number of alkyl halides is 6. The van der Waals surface area contributed by atoms with Crippen molar-refractivity contribution in [3.63, 3.8) is 0 Å². The summed E-state index contributed by atoms with van der Waals surface area (Å²) >= 11 is 0. The van der Waals surface area contributed by atoms with E-state index in [0.29, 0.717) is 35.2 Å². The number of ether oxygens (including phenoxy) is 1. The van der Waals surface area contributed by atoms with Gasteiger partial charge in [-0.1, -0.05) is 13.3 Å². The molecule has 3 aliphatic heterocycles. The van der Waals surface area contributed by atoms with Crippen molar-refractivity contribution in [1.82, 2.24) is 9.88 Å². The predicted molar refractivity (Wildman–Crippen MR) is 162 cm³/mol. The van der Waals surface area contributed by atoms with Crippen LogP contribution in [-0.4, -0.2) is 36.1 Å². The Morgan fingerprint density at radius 2 is 1.67 bits per heavy atom. The standard InChI is InChI=1S/C33H32F6N4O3/c1-3-18-16-43-9-7-19(18)12-26(43)27(23-6-8-40-25-5-4-22(46-2)14-24(23)25)42-29-28(30(44)31(29)45)41-15-17-10-20(32(34,35)36)13-21(11-17)33(37,38)39/h4-6,8,10-11,13-14,18-19,26-27,41-42H,3,7,9,12,15-16H2,1-2H3. The van der Waals surface area contributed by atoms with E-state index >= 15 is 0 Å². The largest absolute Gasteiger partial charge is 0.497 e. The second-order valence-electron chi connectivity index (χ2n) is 12.1. The summed E-state index contributed by atoms with van der Waals surface area (Å²) in [4.78, 5) is 32.6. The summed E-state index contributed by atoms with van der Waals surface area (Å²) < 4.78 is 86.0. The summed E-state index contributed by atoms with van der Waals surface area (Å²) in [6.07, 6.45) is -5.43. The minimum atomic E-state index is -5.01. The van der Waals surface area contributed by atoms with E-state index in [1.165, 1.54) is 0 Å². The number of hydrogen-bond donors (Lipinski definition) is 2. The van der Waals surface area contributed by atoms with Crippen LogP contribution in [0.4, 0.5) is 37.7 Å². The third kappa shape index (κ3) is 5.92. The fourth-order valence-corrected chi connectivity index (χ4v) is 7.08. The molecule has 0 radical (unpaired) electrons. The molecule has 5 atom stereocenters. The van der Waals surface area contributed by atoms with Crippen LogP contribution in [0.15, 0.2) is 58.3 Å². The number of nitrogens with one attached hydrogen (secondary N) is 2. The maximum absolute atomic E-state index is 13.4. The molecule has 1 aromatic heterocycles. The average molecular weight is 647 g/mol. The van der Waals surface area contributed by atoms with Gasteiger partial charge in [-0.15, -0.1) is 0 Å². The molecule has 4 aromatic rings. The van der Waals surface area contributed by atoms with Gasteiger partial charge in [0, 0.05) is 30.7 Å². The number of fused-ring (bicyclic) bond motifs is 4. The van der Waals surface area contributed by atoms with Crippen LogP contribution in [0.1, 0.15) is 54.5 Å². The summed E-state index contributed by atoms with van der Waals surface area (Å²) in [6.45, 7) is 3.38. The molecule has 0 saturated carbocycles. The number of nitrogens with zero attached hydrogens (tertiary/aromatic N) is 2. The molecule has 7 nitrogen and oxygen atoms in total. The monoisotopic (exact) mass is 646 g/mol. The summed E-state index contributed by atoms with van der Waals surface area (Å²) in [5.74, 6) is 1.62. The van der Waals surface area contributed by atoms with Crippen molar-refractivity contribution in [2.24, 2.45) is 11.8 Å². The van der Waals surface area contributed by atoms with Crippen LogP contribution >= 0.6 is 0 Å². The van der Waals surface area contributed by atoms with E-state index < -0.39 is 46.9 Å². The van der Waals surface area contributed by atoms with Gasteiger partial charge in [-0.2, -0.15) is 26.3 Å². The summed E-state index contributed by atoms with van der Waals surface area (Å²) in [5.41, 5.74) is -3.70. The van der Waals surface area contributed by atoms with Crippen LogP contribution in [0.5, 0.6) is 5.75 Å². The maximum atomic E-state index is 13.4. The Kier molecular flexibility index (Phi) is 8.24. The van der Waals surface area contributed by atoms with Gasteiger partial charge in [0.05, 0.1) is 29.8 Å². The number of piperidine rings is 3. The summed E-state index contributed by atoms with van der Waals surface area (Å²) in [5, 5.41) is 6.74. The lowest BCUT2D eigenvalue weighted by atomic mass is 9.72. The van der Waals surface area contributed by atoms with Crippen molar-refractivity contribution in [1.29, 1.82) is 0 Å². The smallest absolute Gasteiger partial charge is 0.416 e. The van der Waals surface area contributed by atoms with Crippen LogP contribution in [0.3, 0.4) is 0 Å². The highest BCUT2D eigenvalue weighted by atomic mass is 19.4. The number of halogens is 6. The van der Waals surface area contributed by atoms with Crippen LogP contribution < -0.4 is 26.2 Å². The summed E-state index contributed by atoms with van der Waals surface area (Å²) in [6, 6.07) is 7.99. The van der Waals surface area contributed by atoms with Crippen molar-refractivity contribution < 1.29 is 31.1 Å². The zero-order chi connectivity index (χ0) is 33.0. The molecule has 2 N–H and O–H groups in total. The molecule has 13 heteroatoms. The normalized spacial score (nSPS) is 22.3. The van der Waals surface area contributed by atoms with E-state index in [4.69, 9.17) is 4.74 Å². The van der Waals surface area contributed by atoms with E-state index in [-0.39, 0.29) is 29.0 Å². The predicted octanol–water partition coefficient (Wildman–Crippen LogP) is 6.76. The van der Waals surface area contributed by atoms with E-state index in [1.807, 2.05) is 18.2 Å². The Hall–Kier alpha value is -4.13. The minimum Gasteiger partial charge on any atom is -0.497 e. The molecule has 0 aliphatic carbocycles. The second kappa shape index (κ2) is 11.9. The van der Waals surface area contributed by atoms with Gasteiger partial charge in [-0.05, 0) is 84.8 Å². The highest BCUT2D eigenvalue weighted by molar-refractivity contribution is 5.85. The lowest BCUT2D eigenvalue weighted by Gasteiger charge is -2.52. The highest BCUT2D eigenvalue weighted by Crippen LogP contribution is 2.44. The zero-order valence-electron chi connectivity index (χ0n) is 25.1. The topological polar surface area (TPSA) is 83.6 Å². The van der Waals surface area contributed by atoms with Gasteiger partial charge < -0.3 is 15.4 Å². The van der Waals surface area contributed by atoms with Gasteiger partial charge in [-0.3, -0.25) is 19.5 Å². The molecule has 244 valence electrons. The van der Waals surface area contributed by atoms with Crippen LogP contribution in [0.2, 0.25) is 0 Å². The van der Waals surface area contributed by atoms with Gasteiger partial charge in [0.25, 0.3) is 10.9 Å². The van der Waals surface area contributed by atoms with Gasteiger partial charge in [-0.25, -0.2) is 0 Å². The third-order valence-electron chi connectivity index (χ3n) is 9.49. The Balaban J connectivity index is 1.36.